The lowest BCUT2D eigenvalue weighted by molar-refractivity contribution is 0.0954. The molecule has 1 N–H and O–H groups in total. The van der Waals surface area contributed by atoms with Gasteiger partial charge in [0.2, 0.25) is 0 Å². The van der Waals surface area contributed by atoms with Crippen molar-refractivity contribution in [2.45, 2.75) is 91.7 Å². The van der Waals surface area contributed by atoms with Crippen LogP contribution in [0.5, 0.6) is 5.75 Å². The van der Waals surface area contributed by atoms with Crippen molar-refractivity contribution in [1.29, 1.82) is 15.8 Å². The number of anilines is 1. The third kappa shape index (κ3) is 8.78. The molecular formula is C50H51BrN4O3. The normalized spacial score (nSPS) is 19.9. The molecule has 1 aliphatic carbocycles. The highest BCUT2D eigenvalue weighted by Gasteiger charge is 2.41. The number of aliphatic hydroxyl groups is 1. The van der Waals surface area contributed by atoms with Crippen LogP contribution < -0.4 is 9.64 Å². The minimum Gasteiger partial charge on any atom is -0.480 e. The van der Waals surface area contributed by atoms with Gasteiger partial charge in [0, 0.05) is 40.0 Å². The van der Waals surface area contributed by atoms with E-state index in [2.05, 4.69) is 122 Å². The van der Waals surface area contributed by atoms with E-state index in [1.807, 2.05) is 62.4 Å². The summed E-state index contributed by atoms with van der Waals surface area (Å²) in [5, 5.41) is 39.0. The van der Waals surface area contributed by atoms with E-state index in [1.54, 1.807) is 0 Å². The molecule has 0 aromatic heterocycles. The number of nitriles is 3. The molecule has 3 aliphatic rings. The highest BCUT2D eigenvalue weighted by molar-refractivity contribution is 9.10. The fourth-order valence-corrected chi connectivity index (χ4v) is 8.34. The van der Waals surface area contributed by atoms with Crippen molar-refractivity contribution in [3.63, 3.8) is 0 Å². The average molecular weight is 836 g/mol. The van der Waals surface area contributed by atoms with Crippen LogP contribution in [0.25, 0.3) is 0 Å². The molecule has 0 radical (unpaired) electrons. The molecule has 0 saturated heterocycles. The van der Waals surface area contributed by atoms with Gasteiger partial charge in [-0.05, 0) is 115 Å². The molecule has 0 amide bonds. The summed E-state index contributed by atoms with van der Waals surface area (Å²) in [6.07, 6.45) is 11.4. The molecule has 0 fully saturated rings. The van der Waals surface area contributed by atoms with Crippen molar-refractivity contribution in [3.8, 4) is 24.0 Å². The van der Waals surface area contributed by atoms with E-state index < -0.39 is 5.60 Å². The number of aliphatic hydroxyl groups excluding tert-OH is 1. The molecule has 1 atom stereocenters. The highest BCUT2D eigenvalue weighted by Crippen LogP contribution is 2.50. The number of aryl methyl sites for hydroxylation is 1. The summed E-state index contributed by atoms with van der Waals surface area (Å²) in [5.41, 5.74) is 7.29. The lowest BCUT2D eigenvalue weighted by Gasteiger charge is -2.36. The van der Waals surface area contributed by atoms with Crippen LogP contribution in [-0.4, -0.2) is 17.3 Å². The van der Waals surface area contributed by atoms with Crippen molar-refractivity contribution in [3.05, 3.63) is 163 Å². The Bertz CT molecular complexity index is 2370. The topological polar surface area (TPSA) is 113 Å². The summed E-state index contributed by atoms with van der Waals surface area (Å²) < 4.78 is 14.1. The van der Waals surface area contributed by atoms with Crippen molar-refractivity contribution in [1.82, 2.24) is 0 Å². The Labute approximate surface area is 352 Å². The highest BCUT2D eigenvalue weighted by atomic mass is 79.9. The molecule has 0 saturated carbocycles. The Morgan fingerprint density at radius 2 is 1.59 bits per heavy atom. The van der Waals surface area contributed by atoms with Gasteiger partial charge in [-0.2, -0.15) is 15.8 Å². The van der Waals surface area contributed by atoms with Crippen molar-refractivity contribution in [2.24, 2.45) is 11.3 Å². The minimum atomic E-state index is -0.954. The van der Waals surface area contributed by atoms with Gasteiger partial charge in [-0.3, -0.25) is 0 Å². The number of benzene rings is 3. The SMILES string of the molecule is CC1(C)OC(=C(C#N)C#N)C(C#N)=C1C=CC1=C(Oc2ccc(CCCO)cc2)C(=CC=C2N(Cc3ccc(Br)cc3)c3ccccc3C2(C)C)CC(C(C)(C)C)C1. The van der Waals surface area contributed by atoms with Gasteiger partial charge >= 0.3 is 0 Å². The molecule has 3 aromatic rings. The summed E-state index contributed by atoms with van der Waals surface area (Å²) in [6, 6.07) is 31.2. The Hall–Kier alpha value is -5.59. The molecule has 0 spiro atoms. The second-order valence-electron chi connectivity index (χ2n) is 17.3. The molecule has 3 aromatic carbocycles. The van der Waals surface area contributed by atoms with E-state index in [0.717, 1.165) is 46.2 Å². The first-order valence-electron chi connectivity index (χ1n) is 19.8. The Kier molecular flexibility index (Phi) is 12.4. The number of nitrogens with zero attached hydrogens (tertiary/aromatic N) is 4. The van der Waals surface area contributed by atoms with Crippen LogP contribution in [-0.2, 0) is 23.1 Å². The quantitative estimate of drug-likeness (QED) is 0.202. The first-order chi connectivity index (χ1) is 27.6. The summed E-state index contributed by atoms with van der Waals surface area (Å²) in [4.78, 5) is 2.43. The van der Waals surface area contributed by atoms with Crippen LogP contribution >= 0.6 is 15.9 Å². The largest absolute Gasteiger partial charge is 0.480 e. The minimum absolute atomic E-state index is 0.0141. The predicted octanol–water partition coefficient (Wildman–Crippen LogP) is 11.8. The second-order valence-corrected chi connectivity index (χ2v) is 18.2. The summed E-state index contributed by atoms with van der Waals surface area (Å²) in [5.74, 6) is 1.73. The zero-order chi connectivity index (χ0) is 41.8. The van der Waals surface area contributed by atoms with Crippen molar-refractivity contribution in [2.75, 3.05) is 11.5 Å². The van der Waals surface area contributed by atoms with Gasteiger partial charge in [0.05, 0.1) is 0 Å². The number of ether oxygens (including phenoxy) is 2. The molecule has 8 heteroatoms. The van der Waals surface area contributed by atoms with Crippen LogP contribution in [0.3, 0.4) is 0 Å². The van der Waals surface area contributed by atoms with E-state index in [-0.39, 0.29) is 40.3 Å². The number of para-hydroxylation sites is 1. The first-order valence-corrected chi connectivity index (χ1v) is 20.6. The van der Waals surface area contributed by atoms with Crippen LogP contribution in [0.15, 0.2) is 147 Å². The standard InChI is InChI=1S/C50H51BrN4O3/c1-48(2,3)38-27-35(18-24-42-41(31-54)47(37(29-52)30-53)58-50(42,6)7)46(57-40-22-16-33(17-23-40)11-10-26-56)36(28-38)19-25-45-49(4,5)43-12-8-9-13-44(43)55(45)32-34-14-20-39(51)21-15-34/h8-9,12-25,38,56H,10-11,26-28,32H2,1-7H3. The van der Waals surface area contributed by atoms with Gasteiger partial charge < -0.3 is 19.5 Å². The van der Waals surface area contributed by atoms with E-state index >= 15 is 0 Å². The number of fused-ring (bicyclic) bond motifs is 1. The molecule has 2 aliphatic heterocycles. The second kappa shape index (κ2) is 17.1. The van der Waals surface area contributed by atoms with Crippen LogP contribution in [0.1, 0.15) is 84.4 Å². The third-order valence-corrected chi connectivity index (χ3v) is 12.0. The maximum atomic E-state index is 10.3. The van der Waals surface area contributed by atoms with E-state index in [9.17, 15) is 20.9 Å². The number of hydrogen-bond acceptors (Lipinski definition) is 7. The van der Waals surface area contributed by atoms with Gasteiger partial charge in [-0.25, -0.2) is 0 Å². The van der Waals surface area contributed by atoms with Crippen molar-refractivity contribution < 1.29 is 14.6 Å². The number of halogens is 1. The van der Waals surface area contributed by atoms with Crippen molar-refractivity contribution >= 4 is 21.6 Å². The zero-order valence-corrected chi connectivity index (χ0v) is 36.1. The molecule has 6 rings (SSSR count). The number of allylic oxidation sites excluding steroid dienone is 8. The summed E-state index contributed by atoms with van der Waals surface area (Å²) in [6.45, 7) is 15.9. The van der Waals surface area contributed by atoms with Gasteiger partial charge in [0.1, 0.15) is 40.9 Å². The fourth-order valence-electron chi connectivity index (χ4n) is 8.08. The van der Waals surface area contributed by atoms with Crippen LogP contribution in [0.4, 0.5) is 5.69 Å². The van der Waals surface area contributed by atoms with E-state index in [0.29, 0.717) is 24.3 Å². The monoisotopic (exact) mass is 834 g/mol. The summed E-state index contributed by atoms with van der Waals surface area (Å²) >= 11 is 3.59. The van der Waals surface area contributed by atoms with Gasteiger partial charge in [0.25, 0.3) is 0 Å². The molecule has 7 nitrogen and oxygen atoms in total. The predicted molar refractivity (Wildman–Crippen MR) is 233 cm³/mol. The van der Waals surface area contributed by atoms with Gasteiger partial charge in [-0.15, -0.1) is 0 Å². The Balaban J connectivity index is 1.53. The third-order valence-electron chi connectivity index (χ3n) is 11.5. The molecule has 58 heavy (non-hydrogen) atoms. The molecule has 1 unspecified atom stereocenters. The molecule has 296 valence electrons. The van der Waals surface area contributed by atoms with Gasteiger partial charge in [-0.1, -0.05) is 111 Å². The van der Waals surface area contributed by atoms with Gasteiger partial charge in [0.15, 0.2) is 11.3 Å². The summed E-state index contributed by atoms with van der Waals surface area (Å²) in [7, 11) is 0. The first kappa shape index (κ1) is 42.0. The smallest absolute Gasteiger partial charge is 0.172 e. The zero-order valence-electron chi connectivity index (χ0n) is 34.5. The lowest BCUT2D eigenvalue weighted by atomic mass is 9.70. The number of hydrogen-bond donors (Lipinski definition) is 1. The number of rotatable bonds is 10. The molecule has 0 bridgehead atoms. The van der Waals surface area contributed by atoms with Crippen LogP contribution in [0, 0.1) is 45.3 Å². The maximum Gasteiger partial charge on any atom is 0.172 e. The van der Waals surface area contributed by atoms with E-state index in [1.165, 1.54) is 22.5 Å². The maximum absolute atomic E-state index is 10.3. The lowest BCUT2D eigenvalue weighted by Crippen LogP contribution is -2.27. The average Bonchev–Trinajstić information content (AvgIpc) is 3.57. The van der Waals surface area contributed by atoms with Crippen LogP contribution in [0.2, 0.25) is 0 Å². The Morgan fingerprint density at radius 1 is 0.914 bits per heavy atom. The molecular weight excluding hydrogens is 784 g/mol. The fraction of sp³-hybridized carbons (Fsp3) is 0.340. The van der Waals surface area contributed by atoms with E-state index in [4.69, 9.17) is 9.47 Å². The Morgan fingerprint density at radius 3 is 2.22 bits per heavy atom. The molecule has 2 heterocycles.